The Kier molecular flexibility index (Phi) is 5.13. The Morgan fingerprint density at radius 1 is 1.00 bits per heavy atom. The molecule has 28 heavy (non-hydrogen) atoms. The summed E-state index contributed by atoms with van der Waals surface area (Å²) in [5, 5.41) is 8.99. The maximum atomic E-state index is 13.7. The molecule has 8 heteroatoms. The van der Waals surface area contributed by atoms with Gasteiger partial charge in [-0.1, -0.05) is 54.2 Å². The number of benzene rings is 2. The molecule has 0 saturated heterocycles. The molecule has 0 N–H and O–H groups in total. The van der Waals surface area contributed by atoms with Crippen LogP contribution < -0.4 is 0 Å². The van der Waals surface area contributed by atoms with E-state index in [-0.39, 0.29) is 5.25 Å². The van der Waals surface area contributed by atoms with Gasteiger partial charge in [-0.3, -0.25) is 4.57 Å². The van der Waals surface area contributed by atoms with Gasteiger partial charge in [0.1, 0.15) is 5.82 Å². The summed E-state index contributed by atoms with van der Waals surface area (Å²) in [6.45, 7) is 1.90. The summed E-state index contributed by atoms with van der Waals surface area (Å²) in [7, 11) is 0. The summed E-state index contributed by atoms with van der Waals surface area (Å²) in [6, 6.07) is 16.7. The van der Waals surface area contributed by atoms with E-state index in [4.69, 9.17) is 0 Å². The molecule has 0 aliphatic rings. The first-order valence-electron chi connectivity index (χ1n) is 9.00. The van der Waals surface area contributed by atoms with Gasteiger partial charge in [0.05, 0.1) is 16.3 Å². The van der Waals surface area contributed by atoms with Gasteiger partial charge >= 0.3 is 6.55 Å². The fraction of sp³-hybridized carbons (Fsp3) is 0.250. The van der Waals surface area contributed by atoms with Crippen molar-refractivity contribution in [1.82, 2.24) is 24.3 Å². The molecule has 5 nitrogen and oxygen atoms in total. The number of hydrogen-bond donors (Lipinski definition) is 0. The summed E-state index contributed by atoms with van der Waals surface area (Å²) >= 11 is 1.38. The zero-order valence-electron chi connectivity index (χ0n) is 15.5. The van der Waals surface area contributed by atoms with E-state index in [9.17, 15) is 8.78 Å². The third kappa shape index (κ3) is 3.28. The molecular formula is C20H19F2N5S. The molecular weight excluding hydrogens is 380 g/mol. The molecule has 0 saturated carbocycles. The van der Waals surface area contributed by atoms with Gasteiger partial charge in [-0.05, 0) is 26.0 Å². The maximum Gasteiger partial charge on any atom is 0.320 e. The van der Waals surface area contributed by atoms with Gasteiger partial charge in [0.25, 0.3) is 0 Å². The molecule has 4 rings (SSSR count). The van der Waals surface area contributed by atoms with Gasteiger partial charge in [-0.15, -0.1) is 10.2 Å². The molecule has 144 valence electrons. The number of fused-ring (bicyclic) bond motifs is 1. The zero-order chi connectivity index (χ0) is 19.7. The standard InChI is InChI=1S/C20H19F2N5S/c1-3-26-18(14-9-5-4-6-10-14)24-25-20(26)28-13(2)17-23-15-11-7-8-12-16(15)27(17)19(21)22/h4-13,19H,3H2,1-2H3. The Hall–Kier alpha value is -2.74. The molecule has 0 spiro atoms. The summed E-state index contributed by atoms with van der Waals surface area (Å²) in [4.78, 5) is 4.46. The number of aromatic nitrogens is 5. The lowest BCUT2D eigenvalue weighted by atomic mass is 10.2. The molecule has 0 aliphatic carbocycles. The maximum absolute atomic E-state index is 13.7. The van der Waals surface area contributed by atoms with Gasteiger partial charge in [0.2, 0.25) is 0 Å². The predicted molar refractivity (Wildman–Crippen MR) is 106 cm³/mol. The van der Waals surface area contributed by atoms with Crippen LogP contribution in [0, 0.1) is 0 Å². The average Bonchev–Trinajstić information content (AvgIpc) is 3.29. The Bertz CT molecular complexity index is 1090. The minimum Gasteiger partial charge on any atom is -0.302 e. The highest BCUT2D eigenvalue weighted by Crippen LogP contribution is 2.37. The molecule has 0 fully saturated rings. The van der Waals surface area contributed by atoms with Crippen molar-refractivity contribution < 1.29 is 8.78 Å². The summed E-state index contributed by atoms with van der Waals surface area (Å²) in [5.41, 5.74) is 1.96. The molecule has 0 radical (unpaired) electrons. The van der Waals surface area contributed by atoms with Gasteiger partial charge < -0.3 is 4.57 Å². The van der Waals surface area contributed by atoms with Crippen LogP contribution in [0.1, 0.15) is 31.5 Å². The van der Waals surface area contributed by atoms with Gasteiger partial charge in [0.15, 0.2) is 11.0 Å². The number of halogens is 2. The second kappa shape index (κ2) is 7.71. The minimum atomic E-state index is -2.66. The Balaban J connectivity index is 1.70. The zero-order valence-corrected chi connectivity index (χ0v) is 16.3. The van der Waals surface area contributed by atoms with Gasteiger partial charge in [0, 0.05) is 12.1 Å². The topological polar surface area (TPSA) is 48.5 Å². The lowest BCUT2D eigenvalue weighted by Crippen LogP contribution is -2.07. The predicted octanol–water partition coefficient (Wildman–Crippen LogP) is 5.56. The highest BCUT2D eigenvalue weighted by molar-refractivity contribution is 7.99. The smallest absolute Gasteiger partial charge is 0.302 e. The largest absolute Gasteiger partial charge is 0.320 e. The molecule has 2 heterocycles. The van der Waals surface area contributed by atoms with Crippen LogP contribution in [0.2, 0.25) is 0 Å². The fourth-order valence-electron chi connectivity index (χ4n) is 3.23. The van der Waals surface area contributed by atoms with E-state index in [1.165, 1.54) is 11.8 Å². The van der Waals surface area contributed by atoms with E-state index in [0.717, 1.165) is 16.0 Å². The molecule has 1 atom stereocenters. The van der Waals surface area contributed by atoms with E-state index < -0.39 is 6.55 Å². The number of rotatable bonds is 6. The molecule has 1 unspecified atom stereocenters. The number of imidazole rings is 1. The van der Waals surface area contributed by atoms with Crippen molar-refractivity contribution in [1.29, 1.82) is 0 Å². The van der Waals surface area contributed by atoms with E-state index in [1.54, 1.807) is 24.3 Å². The van der Waals surface area contributed by atoms with Crippen molar-refractivity contribution in [2.24, 2.45) is 0 Å². The van der Waals surface area contributed by atoms with Crippen LogP contribution in [0.4, 0.5) is 8.78 Å². The lowest BCUT2D eigenvalue weighted by Gasteiger charge is -2.14. The van der Waals surface area contributed by atoms with Crippen molar-refractivity contribution in [2.45, 2.75) is 37.3 Å². The van der Waals surface area contributed by atoms with Gasteiger partial charge in [-0.2, -0.15) is 8.78 Å². The van der Waals surface area contributed by atoms with Gasteiger partial charge in [-0.25, -0.2) is 4.98 Å². The van der Waals surface area contributed by atoms with Crippen LogP contribution in [0.5, 0.6) is 0 Å². The van der Waals surface area contributed by atoms with Crippen molar-refractivity contribution in [3.05, 3.63) is 60.4 Å². The molecule has 0 amide bonds. The molecule has 0 bridgehead atoms. The second-order valence-electron chi connectivity index (χ2n) is 6.28. The van der Waals surface area contributed by atoms with Crippen molar-refractivity contribution in [3.63, 3.8) is 0 Å². The SMILES string of the molecule is CCn1c(SC(C)c2nc3ccccc3n2C(F)F)nnc1-c1ccccc1. The summed E-state index contributed by atoms with van der Waals surface area (Å²) in [6.07, 6.45) is 0. The highest BCUT2D eigenvalue weighted by Gasteiger charge is 2.24. The van der Waals surface area contributed by atoms with Crippen LogP contribution >= 0.6 is 11.8 Å². The molecule has 2 aromatic heterocycles. The number of thioether (sulfide) groups is 1. The number of alkyl halides is 2. The van der Waals surface area contributed by atoms with E-state index >= 15 is 0 Å². The van der Waals surface area contributed by atoms with E-state index in [2.05, 4.69) is 15.2 Å². The summed E-state index contributed by atoms with van der Waals surface area (Å²) < 4.78 is 30.5. The summed E-state index contributed by atoms with van der Waals surface area (Å²) in [5.74, 6) is 1.09. The van der Waals surface area contributed by atoms with Crippen molar-refractivity contribution in [2.75, 3.05) is 0 Å². The minimum absolute atomic E-state index is 0.320. The first-order chi connectivity index (χ1) is 13.6. The van der Waals surface area contributed by atoms with Crippen LogP contribution in [0.25, 0.3) is 22.4 Å². The van der Waals surface area contributed by atoms with E-state index in [1.807, 2.05) is 48.7 Å². The third-order valence-corrected chi connectivity index (χ3v) is 5.61. The molecule has 2 aromatic carbocycles. The van der Waals surface area contributed by atoms with Crippen LogP contribution in [-0.4, -0.2) is 24.3 Å². The van der Waals surface area contributed by atoms with Crippen LogP contribution in [0.15, 0.2) is 59.8 Å². The third-order valence-electron chi connectivity index (χ3n) is 4.53. The second-order valence-corrected chi connectivity index (χ2v) is 7.59. The fourth-order valence-corrected chi connectivity index (χ4v) is 4.25. The monoisotopic (exact) mass is 399 g/mol. The van der Waals surface area contributed by atoms with E-state index in [0.29, 0.717) is 28.6 Å². The van der Waals surface area contributed by atoms with Crippen molar-refractivity contribution in [3.8, 4) is 11.4 Å². The highest BCUT2D eigenvalue weighted by atomic mass is 32.2. The Morgan fingerprint density at radius 3 is 2.43 bits per heavy atom. The lowest BCUT2D eigenvalue weighted by molar-refractivity contribution is 0.0715. The average molecular weight is 399 g/mol. The normalized spacial score (nSPS) is 12.8. The number of nitrogens with zero attached hydrogens (tertiary/aromatic N) is 5. The van der Waals surface area contributed by atoms with Crippen LogP contribution in [0.3, 0.4) is 0 Å². The molecule has 4 aromatic rings. The molecule has 0 aliphatic heterocycles. The Labute approximate surface area is 165 Å². The first-order valence-corrected chi connectivity index (χ1v) is 9.88. The first kappa shape index (κ1) is 18.6. The number of hydrogen-bond acceptors (Lipinski definition) is 4. The van der Waals surface area contributed by atoms with Crippen LogP contribution in [-0.2, 0) is 6.54 Å². The Morgan fingerprint density at radius 2 is 1.71 bits per heavy atom. The number of para-hydroxylation sites is 2. The quantitative estimate of drug-likeness (QED) is 0.398. The van der Waals surface area contributed by atoms with Crippen molar-refractivity contribution >= 4 is 22.8 Å².